The minimum atomic E-state index is -4.01. The van der Waals surface area contributed by atoms with Gasteiger partial charge in [0, 0.05) is 12.1 Å². The van der Waals surface area contributed by atoms with Gasteiger partial charge in [0.25, 0.3) is 10.0 Å². The number of anilines is 1. The Balaban J connectivity index is 2.55. The molecular formula is C20H26N2O5S. The average molecular weight is 407 g/mol. The quantitative estimate of drug-likeness (QED) is 0.692. The Kier molecular flexibility index (Phi) is 7.28. The molecule has 8 heteroatoms. The molecule has 2 aromatic carbocycles. The van der Waals surface area contributed by atoms with Gasteiger partial charge in [-0.2, -0.15) is 0 Å². The fraction of sp³-hybridized carbons (Fsp3) is 0.350. The van der Waals surface area contributed by atoms with E-state index in [0.717, 1.165) is 10.7 Å². The lowest BCUT2D eigenvalue weighted by Gasteiger charge is -2.26. The number of hydrogen-bond acceptors (Lipinski definition) is 5. The van der Waals surface area contributed by atoms with Crippen LogP contribution in [0.5, 0.6) is 11.5 Å². The highest BCUT2D eigenvalue weighted by molar-refractivity contribution is 7.92. The summed E-state index contributed by atoms with van der Waals surface area (Å²) >= 11 is 0. The highest BCUT2D eigenvalue weighted by atomic mass is 32.2. The third-order valence-corrected chi connectivity index (χ3v) is 6.07. The van der Waals surface area contributed by atoms with Gasteiger partial charge in [0.15, 0.2) is 0 Å². The van der Waals surface area contributed by atoms with E-state index in [1.165, 1.54) is 32.4 Å². The Morgan fingerprint density at radius 2 is 1.79 bits per heavy atom. The summed E-state index contributed by atoms with van der Waals surface area (Å²) in [6.07, 6.45) is 0.736. The maximum Gasteiger partial charge on any atom is 0.264 e. The van der Waals surface area contributed by atoms with Gasteiger partial charge < -0.3 is 14.8 Å². The third-order valence-electron chi connectivity index (χ3n) is 4.29. The molecule has 0 spiro atoms. The Morgan fingerprint density at radius 3 is 2.36 bits per heavy atom. The Labute approximate surface area is 166 Å². The maximum absolute atomic E-state index is 13.3. The number of hydrogen-bond donors (Lipinski definition) is 1. The second kappa shape index (κ2) is 9.45. The molecule has 1 atom stereocenters. The first-order chi connectivity index (χ1) is 13.3. The topological polar surface area (TPSA) is 84.9 Å². The molecule has 1 N–H and O–H groups in total. The second-order valence-electron chi connectivity index (χ2n) is 6.24. The second-order valence-corrected chi connectivity index (χ2v) is 8.10. The molecule has 2 aromatic rings. The lowest BCUT2D eigenvalue weighted by molar-refractivity contribution is -0.120. The first kappa shape index (κ1) is 21.6. The number of nitrogens with one attached hydrogen (secondary N) is 1. The van der Waals surface area contributed by atoms with Crippen LogP contribution in [0.3, 0.4) is 0 Å². The Morgan fingerprint density at radius 1 is 1.11 bits per heavy atom. The Bertz CT molecular complexity index is 900. The van der Waals surface area contributed by atoms with Crippen LogP contribution in [-0.4, -0.2) is 41.1 Å². The normalized spacial score (nSPS) is 12.1. The summed E-state index contributed by atoms with van der Waals surface area (Å²) in [6, 6.07) is 12.7. The van der Waals surface area contributed by atoms with E-state index in [0.29, 0.717) is 11.5 Å². The van der Waals surface area contributed by atoms with Crippen LogP contribution in [0.2, 0.25) is 0 Å². The van der Waals surface area contributed by atoms with Crippen LogP contribution in [0.15, 0.2) is 53.4 Å². The van der Waals surface area contributed by atoms with Crippen molar-refractivity contribution in [2.24, 2.45) is 0 Å². The molecule has 0 radical (unpaired) electrons. The van der Waals surface area contributed by atoms with Crippen molar-refractivity contribution in [2.75, 3.05) is 25.1 Å². The molecular weight excluding hydrogens is 380 g/mol. The van der Waals surface area contributed by atoms with Crippen molar-refractivity contribution < 1.29 is 22.7 Å². The van der Waals surface area contributed by atoms with E-state index in [9.17, 15) is 13.2 Å². The van der Waals surface area contributed by atoms with Gasteiger partial charge in [-0.25, -0.2) is 8.42 Å². The molecule has 1 amide bonds. The van der Waals surface area contributed by atoms with Gasteiger partial charge in [-0.1, -0.05) is 25.1 Å². The van der Waals surface area contributed by atoms with Crippen molar-refractivity contribution in [1.29, 1.82) is 0 Å². The summed E-state index contributed by atoms with van der Waals surface area (Å²) in [4.78, 5) is 12.6. The summed E-state index contributed by atoms with van der Waals surface area (Å²) < 4.78 is 38.3. The van der Waals surface area contributed by atoms with Gasteiger partial charge in [-0.15, -0.1) is 0 Å². The number of carbonyl (C=O) groups is 1. The summed E-state index contributed by atoms with van der Waals surface area (Å²) in [7, 11) is -1.09. The number of benzene rings is 2. The van der Waals surface area contributed by atoms with E-state index in [4.69, 9.17) is 9.47 Å². The Hall–Kier alpha value is -2.74. The monoisotopic (exact) mass is 406 g/mol. The van der Waals surface area contributed by atoms with Gasteiger partial charge in [0.2, 0.25) is 5.91 Å². The minimum Gasteiger partial charge on any atom is -0.497 e. The van der Waals surface area contributed by atoms with Gasteiger partial charge in [0.05, 0.1) is 24.8 Å². The highest BCUT2D eigenvalue weighted by Crippen LogP contribution is 2.35. The predicted octanol–water partition coefficient (Wildman–Crippen LogP) is 2.81. The fourth-order valence-corrected chi connectivity index (χ4v) is 4.01. The summed E-state index contributed by atoms with van der Waals surface area (Å²) in [5.41, 5.74) is 0.227. The summed E-state index contributed by atoms with van der Waals surface area (Å²) in [6.45, 7) is 3.42. The van der Waals surface area contributed by atoms with Crippen LogP contribution < -0.4 is 19.1 Å². The van der Waals surface area contributed by atoms with Crippen molar-refractivity contribution in [3.63, 3.8) is 0 Å². The van der Waals surface area contributed by atoms with Crippen molar-refractivity contribution in [1.82, 2.24) is 5.32 Å². The van der Waals surface area contributed by atoms with Crippen molar-refractivity contribution in [2.45, 2.75) is 31.2 Å². The van der Waals surface area contributed by atoms with Crippen LogP contribution >= 0.6 is 0 Å². The van der Waals surface area contributed by atoms with Crippen LogP contribution in [-0.2, 0) is 14.8 Å². The minimum absolute atomic E-state index is 0.0685. The fourth-order valence-electron chi connectivity index (χ4n) is 2.56. The number of methoxy groups -OCH3 is 2. The van der Waals surface area contributed by atoms with Crippen molar-refractivity contribution in [3.8, 4) is 11.5 Å². The van der Waals surface area contributed by atoms with Gasteiger partial charge in [-0.05, 0) is 37.6 Å². The van der Waals surface area contributed by atoms with Crippen molar-refractivity contribution >= 4 is 21.6 Å². The number of amides is 1. The molecule has 0 heterocycles. The smallest absolute Gasteiger partial charge is 0.264 e. The van der Waals surface area contributed by atoms with Crippen LogP contribution in [0, 0.1) is 0 Å². The van der Waals surface area contributed by atoms with E-state index < -0.39 is 15.9 Å². The van der Waals surface area contributed by atoms with E-state index >= 15 is 0 Å². The highest BCUT2D eigenvalue weighted by Gasteiger charge is 2.30. The predicted molar refractivity (Wildman–Crippen MR) is 108 cm³/mol. The van der Waals surface area contributed by atoms with Gasteiger partial charge in [-0.3, -0.25) is 9.10 Å². The van der Waals surface area contributed by atoms with Crippen LogP contribution in [0.1, 0.15) is 20.3 Å². The van der Waals surface area contributed by atoms with Crippen molar-refractivity contribution in [3.05, 3.63) is 48.5 Å². The number of nitrogens with zero attached hydrogens (tertiary/aromatic N) is 1. The molecule has 0 aliphatic heterocycles. The number of sulfonamides is 1. The van der Waals surface area contributed by atoms with Gasteiger partial charge in [0.1, 0.15) is 18.0 Å². The maximum atomic E-state index is 13.3. The molecule has 0 aliphatic carbocycles. The largest absolute Gasteiger partial charge is 0.497 e. The lowest BCUT2D eigenvalue weighted by atomic mass is 10.2. The van der Waals surface area contributed by atoms with Crippen LogP contribution in [0.25, 0.3) is 0 Å². The summed E-state index contributed by atoms with van der Waals surface area (Å²) in [5.74, 6) is 0.363. The molecule has 2 rings (SSSR count). The molecule has 28 heavy (non-hydrogen) atoms. The molecule has 0 unspecified atom stereocenters. The zero-order chi connectivity index (χ0) is 20.7. The number of carbonyl (C=O) groups excluding carboxylic acids is 1. The summed E-state index contributed by atoms with van der Waals surface area (Å²) in [5, 5.41) is 2.80. The van der Waals surface area contributed by atoms with E-state index in [1.807, 2.05) is 13.8 Å². The molecule has 0 aliphatic rings. The zero-order valence-electron chi connectivity index (χ0n) is 16.5. The molecule has 0 saturated heterocycles. The lowest BCUT2D eigenvalue weighted by Crippen LogP contribution is -2.43. The average Bonchev–Trinajstić information content (AvgIpc) is 2.71. The first-order valence-electron chi connectivity index (χ1n) is 8.92. The third kappa shape index (κ3) is 4.95. The van der Waals surface area contributed by atoms with E-state index in [2.05, 4.69) is 5.32 Å². The molecule has 0 bridgehead atoms. The SMILES string of the molecule is CC[C@H](C)NC(=O)CN(c1cc(OC)ccc1OC)S(=O)(=O)c1ccccc1. The standard InChI is InChI=1S/C20H26N2O5S/c1-5-15(2)21-20(23)14-22(28(24,25)17-9-7-6-8-10-17)18-13-16(26-3)11-12-19(18)27-4/h6-13,15H,5,14H2,1-4H3,(H,21,23)/t15-/m0/s1. The van der Waals surface area contributed by atoms with E-state index in [-0.39, 0.29) is 23.2 Å². The first-order valence-corrected chi connectivity index (χ1v) is 10.4. The van der Waals surface area contributed by atoms with Gasteiger partial charge >= 0.3 is 0 Å². The number of ether oxygens (including phenoxy) is 2. The molecule has 0 saturated carbocycles. The van der Waals surface area contributed by atoms with Crippen LogP contribution in [0.4, 0.5) is 5.69 Å². The molecule has 152 valence electrons. The molecule has 0 aromatic heterocycles. The number of rotatable bonds is 9. The zero-order valence-corrected chi connectivity index (χ0v) is 17.3. The van der Waals surface area contributed by atoms with E-state index in [1.54, 1.807) is 30.3 Å². The molecule has 7 nitrogen and oxygen atoms in total. The molecule has 0 fully saturated rings.